The monoisotopic (exact) mass is 321 g/mol. The zero-order chi connectivity index (χ0) is 17.3. The summed E-state index contributed by atoms with van der Waals surface area (Å²) in [5.74, 6) is -0.284. The van der Waals surface area contributed by atoms with Crippen molar-refractivity contribution in [2.45, 2.75) is 45.2 Å². The van der Waals surface area contributed by atoms with Crippen molar-refractivity contribution in [1.82, 2.24) is 4.90 Å². The zero-order valence-electron chi connectivity index (χ0n) is 14.7. The molecule has 1 heterocycles. The molecule has 1 aliphatic rings. The molecule has 0 fully saturated rings. The van der Waals surface area contributed by atoms with Crippen molar-refractivity contribution >= 4 is 5.91 Å². The first-order valence-corrected chi connectivity index (χ1v) is 8.48. The van der Waals surface area contributed by atoms with Gasteiger partial charge in [-0.2, -0.15) is 0 Å². The average molecular weight is 321 g/mol. The fraction of sp³-hybridized carbons (Fsp3) is 0.381. The van der Waals surface area contributed by atoms with Crippen LogP contribution in [-0.4, -0.2) is 17.4 Å². The summed E-state index contributed by atoms with van der Waals surface area (Å²) in [5, 5.41) is 0. The normalized spacial score (nSPS) is 18.2. The van der Waals surface area contributed by atoms with E-state index in [0.717, 1.165) is 25.1 Å². The van der Waals surface area contributed by atoms with E-state index in [-0.39, 0.29) is 17.4 Å². The van der Waals surface area contributed by atoms with E-state index in [1.165, 1.54) is 16.7 Å². The summed E-state index contributed by atoms with van der Waals surface area (Å²) < 4.78 is 0. The van der Waals surface area contributed by atoms with Crippen molar-refractivity contribution in [2.24, 2.45) is 5.73 Å². The highest BCUT2D eigenvalue weighted by Gasteiger charge is 2.31. The van der Waals surface area contributed by atoms with E-state index in [4.69, 9.17) is 5.73 Å². The molecular weight excluding hydrogens is 296 g/mol. The number of carbonyl (C=O) groups excluding carboxylic acids is 1. The van der Waals surface area contributed by atoms with Crippen LogP contribution in [0.1, 0.15) is 49.1 Å². The van der Waals surface area contributed by atoms with Gasteiger partial charge in [0.05, 0.1) is 0 Å². The second-order valence-corrected chi connectivity index (χ2v) is 7.60. The van der Waals surface area contributed by atoms with Gasteiger partial charge >= 0.3 is 0 Å². The van der Waals surface area contributed by atoms with Crippen molar-refractivity contribution in [3.63, 3.8) is 0 Å². The van der Waals surface area contributed by atoms with Crippen LogP contribution in [0.3, 0.4) is 0 Å². The van der Waals surface area contributed by atoms with Gasteiger partial charge in [0.1, 0.15) is 6.04 Å². The predicted molar refractivity (Wildman–Crippen MR) is 96.5 cm³/mol. The SMILES string of the molecule is CC(C)(C)c1ccc(CN2CCc3c[c]ccc3C2C(N)=O)cc1. The Kier molecular flexibility index (Phi) is 4.46. The molecule has 1 aliphatic heterocycles. The van der Waals surface area contributed by atoms with Gasteiger partial charge in [-0.1, -0.05) is 63.2 Å². The fourth-order valence-corrected chi connectivity index (χ4v) is 3.40. The van der Waals surface area contributed by atoms with Crippen LogP contribution >= 0.6 is 0 Å². The van der Waals surface area contributed by atoms with Crippen LogP contribution in [0, 0.1) is 6.07 Å². The van der Waals surface area contributed by atoms with E-state index in [2.05, 4.69) is 56.0 Å². The lowest BCUT2D eigenvalue weighted by Gasteiger charge is -2.35. The summed E-state index contributed by atoms with van der Waals surface area (Å²) in [6, 6.07) is 17.2. The highest BCUT2D eigenvalue weighted by molar-refractivity contribution is 5.82. The van der Waals surface area contributed by atoms with E-state index in [1.54, 1.807) is 0 Å². The first-order chi connectivity index (χ1) is 11.4. The molecule has 3 rings (SSSR count). The molecule has 3 nitrogen and oxygen atoms in total. The maximum Gasteiger partial charge on any atom is 0.239 e. The van der Waals surface area contributed by atoms with Gasteiger partial charge in [-0.05, 0) is 40.2 Å². The number of hydrogen-bond acceptors (Lipinski definition) is 2. The van der Waals surface area contributed by atoms with Crippen molar-refractivity contribution in [3.05, 3.63) is 70.8 Å². The quantitative estimate of drug-likeness (QED) is 0.942. The van der Waals surface area contributed by atoms with E-state index >= 15 is 0 Å². The molecule has 0 aromatic heterocycles. The van der Waals surface area contributed by atoms with Crippen LogP contribution < -0.4 is 5.73 Å². The van der Waals surface area contributed by atoms with E-state index in [0.29, 0.717) is 0 Å². The molecule has 3 heteroatoms. The number of carbonyl (C=O) groups is 1. The number of hydrogen-bond donors (Lipinski definition) is 1. The summed E-state index contributed by atoms with van der Waals surface area (Å²) in [7, 11) is 0. The van der Waals surface area contributed by atoms with E-state index in [9.17, 15) is 4.79 Å². The van der Waals surface area contributed by atoms with Gasteiger partial charge in [0.2, 0.25) is 5.91 Å². The van der Waals surface area contributed by atoms with E-state index < -0.39 is 0 Å². The Labute approximate surface area is 144 Å². The highest BCUT2D eigenvalue weighted by Crippen LogP contribution is 2.31. The molecule has 0 saturated carbocycles. The molecule has 24 heavy (non-hydrogen) atoms. The first kappa shape index (κ1) is 16.7. The van der Waals surface area contributed by atoms with Gasteiger partial charge in [-0.25, -0.2) is 0 Å². The number of nitrogens with zero attached hydrogens (tertiary/aromatic N) is 1. The van der Waals surface area contributed by atoms with Crippen molar-refractivity contribution in [1.29, 1.82) is 0 Å². The molecule has 1 radical (unpaired) electrons. The second kappa shape index (κ2) is 6.40. The van der Waals surface area contributed by atoms with Crippen molar-refractivity contribution < 1.29 is 4.79 Å². The molecule has 1 unspecified atom stereocenters. The summed E-state index contributed by atoms with van der Waals surface area (Å²) in [5.41, 5.74) is 10.6. The Balaban J connectivity index is 1.83. The minimum atomic E-state index is -0.356. The molecule has 2 aromatic carbocycles. The Morgan fingerprint density at radius 1 is 1.25 bits per heavy atom. The third-order valence-electron chi connectivity index (χ3n) is 4.79. The van der Waals surface area contributed by atoms with E-state index in [1.807, 2.05) is 18.2 Å². The summed E-state index contributed by atoms with van der Waals surface area (Å²) in [6.07, 6.45) is 0.927. The zero-order valence-corrected chi connectivity index (χ0v) is 14.7. The minimum absolute atomic E-state index is 0.148. The highest BCUT2D eigenvalue weighted by atomic mass is 16.1. The molecule has 1 amide bonds. The van der Waals surface area contributed by atoms with Crippen molar-refractivity contribution in [3.8, 4) is 0 Å². The lowest BCUT2D eigenvalue weighted by atomic mass is 9.86. The molecule has 125 valence electrons. The summed E-state index contributed by atoms with van der Waals surface area (Å²) in [4.78, 5) is 14.3. The van der Waals surface area contributed by atoms with Gasteiger partial charge in [-0.3, -0.25) is 9.69 Å². The molecule has 2 N–H and O–H groups in total. The molecule has 0 bridgehead atoms. The van der Waals surface area contributed by atoms with Crippen LogP contribution in [0.5, 0.6) is 0 Å². The molecule has 1 atom stereocenters. The van der Waals surface area contributed by atoms with Gasteiger partial charge in [0.25, 0.3) is 0 Å². The van der Waals surface area contributed by atoms with Crippen LogP contribution in [0.2, 0.25) is 0 Å². The third kappa shape index (κ3) is 3.36. The topological polar surface area (TPSA) is 46.3 Å². The minimum Gasteiger partial charge on any atom is -0.368 e. The number of amides is 1. The lowest BCUT2D eigenvalue weighted by Crippen LogP contribution is -2.42. The second-order valence-electron chi connectivity index (χ2n) is 7.60. The summed E-state index contributed by atoms with van der Waals surface area (Å²) >= 11 is 0. The van der Waals surface area contributed by atoms with Gasteiger partial charge in [0, 0.05) is 13.1 Å². The van der Waals surface area contributed by atoms with Crippen LogP contribution in [0.25, 0.3) is 0 Å². The lowest BCUT2D eigenvalue weighted by molar-refractivity contribution is -0.124. The van der Waals surface area contributed by atoms with Gasteiger partial charge < -0.3 is 5.73 Å². The van der Waals surface area contributed by atoms with Crippen LogP contribution in [0.15, 0.2) is 42.5 Å². The Morgan fingerprint density at radius 2 is 1.96 bits per heavy atom. The molecule has 0 spiro atoms. The maximum absolute atomic E-state index is 12.1. The number of primary amides is 1. The molecule has 0 saturated heterocycles. The van der Waals surface area contributed by atoms with Gasteiger partial charge in [0.15, 0.2) is 0 Å². The first-order valence-electron chi connectivity index (χ1n) is 8.48. The Hall–Kier alpha value is -2.13. The van der Waals surface area contributed by atoms with Crippen LogP contribution in [0.4, 0.5) is 0 Å². The smallest absolute Gasteiger partial charge is 0.239 e. The number of nitrogens with two attached hydrogens (primary N) is 1. The number of benzene rings is 2. The predicted octanol–water partition coefficient (Wildman–Crippen LogP) is 3.37. The van der Waals surface area contributed by atoms with Crippen LogP contribution in [-0.2, 0) is 23.2 Å². The fourth-order valence-electron chi connectivity index (χ4n) is 3.40. The van der Waals surface area contributed by atoms with Gasteiger partial charge in [-0.15, -0.1) is 0 Å². The Morgan fingerprint density at radius 3 is 2.58 bits per heavy atom. The Bertz CT molecular complexity index is 728. The molecule has 0 aliphatic carbocycles. The summed E-state index contributed by atoms with van der Waals surface area (Å²) in [6.45, 7) is 8.20. The number of rotatable bonds is 3. The third-order valence-corrected chi connectivity index (χ3v) is 4.79. The number of fused-ring (bicyclic) bond motifs is 1. The average Bonchev–Trinajstić information content (AvgIpc) is 2.54. The molecular formula is C21H25N2O. The molecule has 2 aromatic rings. The van der Waals surface area contributed by atoms with Crippen molar-refractivity contribution in [2.75, 3.05) is 6.54 Å². The maximum atomic E-state index is 12.1. The standard InChI is InChI=1S/C21H25N2O/c1-21(2,3)17-10-8-15(9-11-17)14-23-13-12-16-6-4-5-7-18(16)19(23)20(22)24/h5-11,19H,12-14H2,1-3H3,(H2,22,24). The largest absolute Gasteiger partial charge is 0.368 e.